The molecular weight excluding hydrogens is 449 g/mol. The molecule has 0 amide bonds. The van der Waals surface area contributed by atoms with Crippen LogP contribution in [-0.4, -0.2) is 30.8 Å². The van der Waals surface area contributed by atoms with Gasteiger partial charge in [-0.2, -0.15) is 4.31 Å². The van der Waals surface area contributed by atoms with Gasteiger partial charge in [-0.05, 0) is 43.2 Å². The zero-order chi connectivity index (χ0) is 20.4. The van der Waals surface area contributed by atoms with Gasteiger partial charge in [-0.25, -0.2) is 13.4 Å². The maximum absolute atomic E-state index is 12.8. The summed E-state index contributed by atoms with van der Waals surface area (Å²) in [5.74, 6) is 0. The van der Waals surface area contributed by atoms with Crippen LogP contribution < -0.4 is 5.32 Å². The van der Waals surface area contributed by atoms with E-state index in [1.807, 2.05) is 5.38 Å². The van der Waals surface area contributed by atoms with Crippen molar-refractivity contribution in [1.29, 1.82) is 0 Å². The van der Waals surface area contributed by atoms with Crippen LogP contribution in [0.5, 0.6) is 0 Å². The Morgan fingerprint density at radius 1 is 0.966 bits per heavy atom. The average molecular weight is 468 g/mol. The Hall–Kier alpha value is -1.64. The first-order valence-electron chi connectivity index (χ1n) is 9.21. The Balaban J connectivity index is 1.51. The van der Waals surface area contributed by atoms with E-state index < -0.39 is 10.0 Å². The highest BCUT2D eigenvalue weighted by Gasteiger charge is 2.25. The number of sulfonamides is 1. The molecule has 4 rings (SSSR count). The molecule has 0 aliphatic carbocycles. The third-order valence-corrected chi connectivity index (χ3v) is 7.83. The molecule has 152 valence electrons. The number of halogens is 2. The molecule has 1 N–H and O–H groups in total. The van der Waals surface area contributed by atoms with E-state index in [9.17, 15) is 8.42 Å². The van der Waals surface area contributed by atoms with E-state index in [1.165, 1.54) is 11.3 Å². The lowest BCUT2D eigenvalue weighted by Crippen LogP contribution is -2.35. The number of piperidine rings is 1. The maximum Gasteiger partial charge on any atom is 0.243 e. The standard InChI is InChI=1S/C20H19Cl2N3O2S2/c21-15-10-16(22)12-17(11-15)23-20-24-19(13-28-20)14-4-6-18(7-5-14)29(26,27)25-8-2-1-3-9-25/h4-7,10-13H,1-3,8-9H2,(H,23,24). The third-order valence-electron chi connectivity index (χ3n) is 4.72. The SMILES string of the molecule is O=S(=O)(c1ccc(-c2csc(Nc3cc(Cl)cc(Cl)c3)n2)cc1)N1CCCCC1. The van der Waals surface area contributed by atoms with Crippen molar-refractivity contribution >= 4 is 55.4 Å². The second-order valence-electron chi connectivity index (χ2n) is 6.81. The van der Waals surface area contributed by atoms with Gasteiger partial charge in [0.2, 0.25) is 10.0 Å². The van der Waals surface area contributed by atoms with Crippen molar-refractivity contribution in [3.8, 4) is 11.3 Å². The molecule has 9 heteroatoms. The summed E-state index contributed by atoms with van der Waals surface area (Å²) in [6, 6.07) is 12.1. The molecule has 0 spiro atoms. The summed E-state index contributed by atoms with van der Waals surface area (Å²) in [4.78, 5) is 4.90. The molecule has 1 aromatic heterocycles. The lowest BCUT2D eigenvalue weighted by Gasteiger charge is -2.25. The monoisotopic (exact) mass is 467 g/mol. The molecule has 1 aliphatic heterocycles. The van der Waals surface area contributed by atoms with Crippen LogP contribution >= 0.6 is 34.5 Å². The van der Waals surface area contributed by atoms with Gasteiger partial charge in [-0.15, -0.1) is 11.3 Å². The quantitative estimate of drug-likeness (QED) is 0.496. The molecule has 3 aromatic rings. The lowest BCUT2D eigenvalue weighted by molar-refractivity contribution is 0.346. The first kappa shape index (κ1) is 20.6. The molecule has 0 radical (unpaired) electrons. The summed E-state index contributed by atoms with van der Waals surface area (Å²) in [6.07, 6.45) is 2.93. The number of nitrogens with one attached hydrogen (secondary N) is 1. The number of hydrogen-bond acceptors (Lipinski definition) is 5. The first-order valence-corrected chi connectivity index (χ1v) is 12.3. The van der Waals surface area contributed by atoms with Gasteiger partial charge >= 0.3 is 0 Å². The van der Waals surface area contributed by atoms with Gasteiger partial charge in [0.15, 0.2) is 5.13 Å². The molecule has 29 heavy (non-hydrogen) atoms. The van der Waals surface area contributed by atoms with Crippen molar-refractivity contribution in [2.75, 3.05) is 18.4 Å². The summed E-state index contributed by atoms with van der Waals surface area (Å²) in [5, 5.41) is 6.89. The van der Waals surface area contributed by atoms with Gasteiger partial charge in [0.25, 0.3) is 0 Å². The highest BCUT2D eigenvalue weighted by molar-refractivity contribution is 7.89. The molecule has 0 atom stereocenters. The summed E-state index contributed by atoms with van der Waals surface area (Å²) >= 11 is 13.5. The van der Waals surface area contributed by atoms with E-state index >= 15 is 0 Å². The molecular formula is C20H19Cl2N3O2S2. The Kier molecular flexibility index (Phi) is 6.13. The summed E-state index contributed by atoms with van der Waals surface area (Å²) in [5.41, 5.74) is 2.38. The van der Waals surface area contributed by atoms with Crippen molar-refractivity contribution in [1.82, 2.24) is 9.29 Å². The molecule has 1 aliphatic rings. The molecule has 0 bridgehead atoms. The van der Waals surface area contributed by atoms with Gasteiger partial charge in [0, 0.05) is 39.8 Å². The molecule has 0 saturated carbocycles. The van der Waals surface area contributed by atoms with E-state index in [1.54, 1.807) is 46.8 Å². The second kappa shape index (κ2) is 8.62. The van der Waals surface area contributed by atoms with E-state index in [-0.39, 0.29) is 0 Å². The summed E-state index contributed by atoms with van der Waals surface area (Å²) in [7, 11) is -3.43. The van der Waals surface area contributed by atoms with E-state index in [0.717, 1.165) is 36.2 Å². The average Bonchev–Trinajstić information content (AvgIpc) is 3.16. The minimum Gasteiger partial charge on any atom is -0.331 e. The van der Waals surface area contributed by atoms with Crippen LogP contribution in [0.15, 0.2) is 52.7 Å². The van der Waals surface area contributed by atoms with Crippen LogP contribution in [-0.2, 0) is 10.0 Å². The third kappa shape index (κ3) is 4.75. The smallest absolute Gasteiger partial charge is 0.243 e. The zero-order valence-electron chi connectivity index (χ0n) is 15.4. The fraction of sp³-hybridized carbons (Fsp3) is 0.250. The van der Waals surface area contributed by atoms with Crippen molar-refractivity contribution in [3.63, 3.8) is 0 Å². The predicted molar refractivity (Wildman–Crippen MR) is 120 cm³/mol. The maximum atomic E-state index is 12.8. The summed E-state index contributed by atoms with van der Waals surface area (Å²) in [6.45, 7) is 1.19. The van der Waals surface area contributed by atoms with Crippen LogP contribution in [0.3, 0.4) is 0 Å². The Bertz CT molecular complexity index is 1090. The number of anilines is 2. The topological polar surface area (TPSA) is 62.3 Å². The molecule has 1 saturated heterocycles. The van der Waals surface area contributed by atoms with Crippen molar-refractivity contribution < 1.29 is 8.42 Å². The zero-order valence-corrected chi connectivity index (χ0v) is 18.6. The van der Waals surface area contributed by atoms with Gasteiger partial charge < -0.3 is 5.32 Å². The molecule has 1 fully saturated rings. The van der Waals surface area contributed by atoms with Gasteiger partial charge in [0.05, 0.1) is 10.6 Å². The van der Waals surface area contributed by atoms with Gasteiger partial charge in [0.1, 0.15) is 0 Å². The number of rotatable bonds is 5. The van der Waals surface area contributed by atoms with Crippen LogP contribution in [0.4, 0.5) is 10.8 Å². The van der Waals surface area contributed by atoms with Crippen LogP contribution in [0.2, 0.25) is 10.0 Å². The minimum atomic E-state index is -3.43. The van der Waals surface area contributed by atoms with Crippen LogP contribution in [0, 0.1) is 0 Å². The summed E-state index contributed by atoms with van der Waals surface area (Å²) < 4.78 is 27.1. The van der Waals surface area contributed by atoms with E-state index in [4.69, 9.17) is 23.2 Å². The minimum absolute atomic E-state index is 0.324. The van der Waals surface area contributed by atoms with Gasteiger partial charge in [-0.3, -0.25) is 0 Å². The first-order chi connectivity index (χ1) is 13.9. The lowest BCUT2D eigenvalue weighted by atomic mass is 10.2. The van der Waals surface area contributed by atoms with Crippen molar-refractivity contribution in [3.05, 3.63) is 57.9 Å². The fourth-order valence-electron chi connectivity index (χ4n) is 3.27. The highest BCUT2D eigenvalue weighted by Crippen LogP contribution is 2.30. The Morgan fingerprint density at radius 2 is 1.62 bits per heavy atom. The van der Waals surface area contributed by atoms with E-state index in [2.05, 4.69) is 10.3 Å². The van der Waals surface area contributed by atoms with Gasteiger partial charge in [-0.1, -0.05) is 41.8 Å². The predicted octanol–water partition coefficient (Wildman–Crippen LogP) is 6.04. The Morgan fingerprint density at radius 3 is 2.28 bits per heavy atom. The largest absolute Gasteiger partial charge is 0.331 e. The normalized spacial score (nSPS) is 15.4. The Labute approximate surface area is 184 Å². The number of thiazole rings is 1. The molecule has 2 aromatic carbocycles. The van der Waals surface area contributed by atoms with Crippen molar-refractivity contribution in [2.24, 2.45) is 0 Å². The number of aromatic nitrogens is 1. The van der Waals surface area contributed by atoms with Crippen LogP contribution in [0.1, 0.15) is 19.3 Å². The highest BCUT2D eigenvalue weighted by atomic mass is 35.5. The number of benzene rings is 2. The second-order valence-corrected chi connectivity index (χ2v) is 10.5. The molecule has 0 unspecified atom stereocenters. The van der Waals surface area contributed by atoms with Crippen LogP contribution in [0.25, 0.3) is 11.3 Å². The fourth-order valence-corrected chi connectivity index (χ4v) is 6.05. The van der Waals surface area contributed by atoms with Crippen molar-refractivity contribution in [2.45, 2.75) is 24.2 Å². The van der Waals surface area contributed by atoms with E-state index in [0.29, 0.717) is 33.2 Å². The number of nitrogens with zero attached hydrogens (tertiary/aromatic N) is 2. The molecule has 2 heterocycles. The molecule has 5 nitrogen and oxygen atoms in total. The number of hydrogen-bond donors (Lipinski definition) is 1.